The van der Waals surface area contributed by atoms with E-state index in [2.05, 4.69) is 10.2 Å². The van der Waals surface area contributed by atoms with Crippen molar-refractivity contribution in [2.45, 2.75) is 38.2 Å². The molecule has 0 saturated carbocycles. The second-order valence-corrected chi connectivity index (χ2v) is 7.50. The molecule has 1 amide bonds. The molecule has 1 N–H and O–H groups in total. The molecule has 140 valence electrons. The molecule has 0 spiro atoms. The van der Waals surface area contributed by atoms with Crippen molar-refractivity contribution in [2.24, 2.45) is 0 Å². The zero-order valence-corrected chi connectivity index (χ0v) is 15.5. The summed E-state index contributed by atoms with van der Waals surface area (Å²) in [6.45, 7) is 3.83. The second-order valence-electron chi connectivity index (χ2n) is 7.50. The largest absolute Gasteiger partial charge is 0.445 e. The molecule has 1 saturated heterocycles. The van der Waals surface area contributed by atoms with Crippen LogP contribution in [0.2, 0.25) is 0 Å². The molecule has 5 heteroatoms. The minimum Gasteiger partial charge on any atom is -0.445 e. The molecular formula is C22H24N2O3. The predicted octanol–water partition coefficient (Wildman–Crippen LogP) is 3.79. The van der Waals surface area contributed by atoms with Crippen molar-refractivity contribution < 1.29 is 14.3 Å². The van der Waals surface area contributed by atoms with E-state index in [1.54, 1.807) is 19.1 Å². The molecule has 2 aromatic rings. The van der Waals surface area contributed by atoms with Gasteiger partial charge < -0.3 is 15.0 Å². The van der Waals surface area contributed by atoms with Gasteiger partial charge in [0.1, 0.15) is 0 Å². The number of hydrogen-bond acceptors (Lipinski definition) is 4. The van der Waals surface area contributed by atoms with Crippen LogP contribution in [0.3, 0.4) is 0 Å². The smallest absolute Gasteiger partial charge is 0.339 e. The maximum absolute atomic E-state index is 12.8. The lowest BCUT2D eigenvalue weighted by molar-refractivity contribution is -0.134. The van der Waals surface area contributed by atoms with Crippen molar-refractivity contribution in [1.29, 1.82) is 0 Å². The number of rotatable bonds is 3. The Morgan fingerprint density at radius 3 is 2.48 bits per heavy atom. The molecular weight excluding hydrogens is 340 g/mol. The number of ether oxygens (including phenoxy) is 1. The van der Waals surface area contributed by atoms with Crippen molar-refractivity contribution in [3.05, 3.63) is 59.7 Å². The fourth-order valence-electron chi connectivity index (χ4n) is 3.83. The van der Waals surface area contributed by atoms with Crippen molar-refractivity contribution in [2.75, 3.05) is 23.3 Å². The van der Waals surface area contributed by atoms with Crippen LogP contribution in [0, 0.1) is 0 Å². The molecule has 1 atom stereocenters. The van der Waals surface area contributed by atoms with Gasteiger partial charge in [0.05, 0.1) is 5.56 Å². The van der Waals surface area contributed by atoms with E-state index in [1.807, 2.05) is 36.4 Å². The third-order valence-corrected chi connectivity index (χ3v) is 5.41. The van der Waals surface area contributed by atoms with Crippen molar-refractivity contribution >= 4 is 23.3 Å². The third-order valence-electron chi connectivity index (χ3n) is 5.41. The van der Waals surface area contributed by atoms with Crippen LogP contribution in [-0.4, -0.2) is 30.6 Å². The maximum atomic E-state index is 12.8. The van der Waals surface area contributed by atoms with Crippen LogP contribution in [0.4, 0.5) is 11.4 Å². The topological polar surface area (TPSA) is 58.6 Å². The van der Waals surface area contributed by atoms with E-state index in [4.69, 9.17) is 4.74 Å². The number of nitrogens with zero attached hydrogens (tertiary/aromatic N) is 1. The van der Waals surface area contributed by atoms with E-state index in [9.17, 15) is 9.59 Å². The summed E-state index contributed by atoms with van der Waals surface area (Å²) in [4.78, 5) is 27.5. The minimum absolute atomic E-state index is 0.309. The molecule has 0 bridgehead atoms. The normalized spacial score (nSPS) is 22.0. The van der Waals surface area contributed by atoms with E-state index in [0.717, 1.165) is 18.7 Å². The average Bonchev–Trinajstić information content (AvgIpc) is 2.69. The van der Waals surface area contributed by atoms with Crippen molar-refractivity contribution in [3.63, 3.8) is 0 Å². The number of amides is 1. The number of piperidine rings is 1. The number of carbonyl (C=O) groups is 2. The summed E-state index contributed by atoms with van der Waals surface area (Å²) in [5.74, 6) is -0.758. The van der Waals surface area contributed by atoms with Gasteiger partial charge in [0.2, 0.25) is 0 Å². The van der Waals surface area contributed by atoms with Crippen molar-refractivity contribution in [3.8, 4) is 0 Å². The van der Waals surface area contributed by atoms with Crippen LogP contribution < -0.4 is 10.2 Å². The number of nitrogens with one attached hydrogen (secondary N) is 1. The number of cyclic esters (lactones) is 1. The van der Waals surface area contributed by atoms with E-state index >= 15 is 0 Å². The quantitative estimate of drug-likeness (QED) is 0.842. The Labute approximate surface area is 159 Å². The number of fused-ring (bicyclic) bond motifs is 1. The highest BCUT2D eigenvalue weighted by atomic mass is 16.6. The van der Waals surface area contributed by atoms with Crippen LogP contribution in [0.5, 0.6) is 0 Å². The first-order valence-electron chi connectivity index (χ1n) is 9.53. The zero-order valence-electron chi connectivity index (χ0n) is 15.5. The van der Waals surface area contributed by atoms with Gasteiger partial charge in [0.25, 0.3) is 5.91 Å². The maximum Gasteiger partial charge on any atom is 0.339 e. The standard InChI is InChI=1S/C22H24N2O3/c1-22(15-16-7-3-4-8-19(16)20(25)27-22)21(26)23-17-9-11-18(12-10-17)24-13-5-2-6-14-24/h3-4,7-12H,2,5-6,13-15H2,1H3,(H,23,26)/t22-/m1/s1. The molecule has 4 rings (SSSR count). The highest BCUT2D eigenvalue weighted by molar-refractivity contribution is 6.02. The van der Waals surface area contributed by atoms with Crippen molar-refractivity contribution in [1.82, 2.24) is 0 Å². The predicted molar refractivity (Wildman–Crippen MR) is 105 cm³/mol. The Kier molecular flexibility index (Phi) is 4.60. The Balaban J connectivity index is 1.46. The first kappa shape index (κ1) is 17.6. The van der Waals surface area contributed by atoms with E-state index < -0.39 is 11.6 Å². The molecule has 0 aromatic heterocycles. The monoisotopic (exact) mass is 364 g/mol. The third kappa shape index (κ3) is 3.54. The van der Waals surface area contributed by atoms with E-state index in [0.29, 0.717) is 17.7 Å². The van der Waals surface area contributed by atoms with Crippen LogP contribution in [0.25, 0.3) is 0 Å². The number of benzene rings is 2. The van der Waals surface area contributed by atoms with Crippen LogP contribution in [0.15, 0.2) is 48.5 Å². The molecule has 5 nitrogen and oxygen atoms in total. The molecule has 2 aromatic carbocycles. The van der Waals surface area contributed by atoms with Gasteiger partial charge in [-0.25, -0.2) is 4.79 Å². The highest BCUT2D eigenvalue weighted by Gasteiger charge is 2.42. The van der Waals surface area contributed by atoms with Gasteiger partial charge in [-0.2, -0.15) is 0 Å². The highest BCUT2D eigenvalue weighted by Crippen LogP contribution is 2.29. The molecule has 2 heterocycles. The van der Waals surface area contributed by atoms with Gasteiger partial charge in [0, 0.05) is 30.9 Å². The van der Waals surface area contributed by atoms with Crippen LogP contribution in [0.1, 0.15) is 42.1 Å². The van der Waals surface area contributed by atoms with Gasteiger partial charge in [-0.05, 0) is 62.1 Å². The molecule has 0 radical (unpaired) electrons. The van der Waals surface area contributed by atoms with Crippen LogP contribution in [-0.2, 0) is 16.0 Å². The SMILES string of the molecule is C[C@]1(C(=O)Nc2ccc(N3CCCCC3)cc2)Cc2ccccc2C(=O)O1. The fraction of sp³-hybridized carbons (Fsp3) is 0.364. The first-order chi connectivity index (χ1) is 13.0. The Morgan fingerprint density at radius 1 is 1.04 bits per heavy atom. The summed E-state index contributed by atoms with van der Waals surface area (Å²) in [6.07, 6.45) is 4.12. The van der Waals surface area contributed by atoms with Crippen LogP contribution >= 0.6 is 0 Å². The molecule has 1 fully saturated rings. The summed E-state index contributed by atoms with van der Waals surface area (Å²) in [6, 6.07) is 15.1. The summed E-state index contributed by atoms with van der Waals surface area (Å²) < 4.78 is 5.49. The number of anilines is 2. The first-order valence-corrected chi connectivity index (χ1v) is 9.53. The lowest BCUT2D eigenvalue weighted by atomic mass is 9.89. The Morgan fingerprint density at radius 2 is 1.74 bits per heavy atom. The van der Waals surface area contributed by atoms with E-state index in [1.165, 1.54) is 24.9 Å². The second kappa shape index (κ2) is 7.06. The Bertz CT molecular complexity index is 856. The Hall–Kier alpha value is -2.82. The average molecular weight is 364 g/mol. The summed E-state index contributed by atoms with van der Waals surface area (Å²) >= 11 is 0. The van der Waals surface area contributed by atoms with Gasteiger partial charge >= 0.3 is 5.97 Å². The van der Waals surface area contributed by atoms with Gasteiger partial charge in [-0.1, -0.05) is 18.2 Å². The summed E-state index contributed by atoms with van der Waals surface area (Å²) in [5.41, 5.74) is 2.05. The van der Waals surface area contributed by atoms with Gasteiger partial charge in [-0.3, -0.25) is 4.79 Å². The minimum atomic E-state index is -1.21. The molecule has 27 heavy (non-hydrogen) atoms. The number of hydrogen-bond donors (Lipinski definition) is 1. The van der Waals surface area contributed by atoms with E-state index in [-0.39, 0.29) is 5.91 Å². The lowest BCUT2D eigenvalue weighted by Gasteiger charge is -2.33. The number of esters is 1. The lowest BCUT2D eigenvalue weighted by Crippen LogP contribution is -2.48. The molecule has 2 aliphatic heterocycles. The number of carbonyl (C=O) groups excluding carboxylic acids is 2. The molecule has 0 aliphatic carbocycles. The molecule has 2 aliphatic rings. The zero-order chi connectivity index (χ0) is 18.9. The van der Waals surface area contributed by atoms with Gasteiger partial charge in [0.15, 0.2) is 5.60 Å². The molecule has 0 unspecified atom stereocenters. The summed E-state index contributed by atoms with van der Waals surface area (Å²) in [5, 5.41) is 2.90. The fourth-order valence-corrected chi connectivity index (χ4v) is 3.83. The summed E-state index contributed by atoms with van der Waals surface area (Å²) in [7, 11) is 0. The van der Waals surface area contributed by atoms with Gasteiger partial charge in [-0.15, -0.1) is 0 Å².